The third-order valence-electron chi connectivity index (χ3n) is 4.18. The molecule has 98 valence electrons. The number of phenolic OH excluding ortho intramolecular Hbond substituents is 1. The van der Waals surface area contributed by atoms with Gasteiger partial charge in [0, 0.05) is 17.6 Å². The van der Waals surface area contributed by atoms with Crippen molar-refractivity contribution in [2.24, 2.45) is 0 Å². The van der Waals surface area contributed by atoms with Crippen LogP contribution in [0.1, 0.15) is 31.1 Å². The monoisotopic (exact) mass is 257 g/mol. The Morgan fingerprint density at radius 1 is 1.21 bits per heavy atom. The van der Waals surface area contributed by atoms with Crippen molar-refractivity contribution in [1.29, 1.82) is 0 Å². The van der Waals surface area contributed by atoms with E-state index in [-0.39, 0.29) is 5.75 Å². The van der Waals surface area contributed by atoms with Crippen LogP contribution in [0.2, 0.25) is 0 Å². The molecule has 3 heterocycles. The van der Waals surface area contributed by atoms with Crippen LogP contribution in [0.15, 0.2) is 28.8 Å². The summed E-state index contributed by atoms with van der Waals surface area (Å²) in [4.78, 5) is 4.51. The summed E-state index contributed by atoms with van der Waals surface area (Å²) in [5, 5.41) is 16.9. The molecule has 0 saturated carbocycles. The summed E-state index contributed by atoms with van der Waals surface area (Å²) in [6.07, 6.45) is 3.56. The van der Waals surface area contributed by atoms with Crippen molar-refractivity contribution >= 4 is 0 Å². The van der Waals surface area contributed by atoms with Crippen LogP contribution in [0.5, 0.6) is 5.75 Å². The van der Waals surface area contributed by atoms with Crippen LogP contribution >= 0.6 is 0 Å². The van der Waals surface area contributed by atoms with E-state index in [4.69, 9.17) is 4.52 Å². The standard InChI is InChI=1S/C14H15N3O2/c18-10-4-1-8(2-5-10)13-16-14(19-17-13)11-7-9-3-6-12(11)15-9/h1-2,4-5,9,11-12,15,18H,3,6-7H2. The van der Waals surface area contributed by atoms with E-state index >= 15 is 0 Å². The van der Waals surface area contributed by atoms with Crippen molar-refractivity contribution in [3.8, 4) is 17.1 Å². The lowest BCUT2D eigenvalue weighted by Gasteiger charge is -2.15. The molecule has 0 radical (unpaired) electrons. The molecular formula is C14H15N3O2. The van der Waals surface area contributed by atoms with Gasteiger partial charge in [-0.25, -0.2) is 0 Å². The van der Waals surface area contributed by atoms with Crippen LogP contribution in [-0.2, 0) is 0 Å². The summed E-state index contributed by atoms with van der Waals surface area (Å²) < 4.78 is 5.42. The number of hydrogen-bond acceptors (Lipinski definition) is 5. The van der Waals surface area contributed by atoms with Gasteiger partial charge in [-0.1, -0.05) is 5.16 Å². The molecule has 0 spiro atoms. The highest BCUT2D eigenvalue weighted by Gasteiger charge is 2.42. The van der Waals surface area contributed by atoms with Gasteiger partial charge >= 0.3 is 0 Å². The Bertz CT molecular complexity index is 593. The summed E-state index contributed by atoms with van der Waals surface area (Å²) >= 11 is 0. The van der Waals surface area contributed by atoms with E-state index in [2.05, 4.69) is 15.5 Å². The maximum atomic E-state index is 9.28. The van der Waals surface area contributed by atoms with Gasteiger partial charge < -0.3 is 14.9 Å². The largest absolute Gasteiger partial charge is 0.508 e. The highest BCUT2D eigenvalue weighted by atomic mass is 16.5. The molecule has 2 aromatic rings. The number of nitrogens with zero attached hydrogens (tertiary/aromatic N) is 2. The molecule has 5 heteroatoms. The number of rotatable bonds is 2. The lowest BCUT2D eigenvalue weighted by atomic mass is 9.89. The Hall–Kier alpha value is -1.88. The van der Waals surface area contributed by atoms with Crippen molar-refractivity contribution in [2.75, 3.05) is 0 Å². The van der Waals surface area contributed by atoms with Crippen LogP contribution in [0.4, 0.5) is 0 Å². The minimum Gasteiger partial charge on any atom is -0.508 e. The smallest absolute Gasteiger partial charge is 0.231 e. The van der Waals surface area contributed by atoms with Gasteiger partial charge in [0.25, 0.3) is 0 Å². The van der Waals surface area contributed by atoms with Gasteiger partial charge in [0.05, 0.1) is 5.92 Å². The zero-order chi connectivity index (χ0) is 12.8. The van der Waals surface area contributed by atoms with E-state index in [0.29, 0.717) is 23.8 Å². The first-order valence-corrected chi connectivity index (χ1v) is 6.68. The molecule has 3 unspecified atom stereocenters. The van der Waals surface area contributed by atoms with Gasteiger partial charge in [0.15, 0.2) is 0 Å². The third kappa shape index (κ3) is 1.81. The number of nitrogens with one attached hydrogen (secondary N) is 1. The second-order valence-electron chi connectivity index (χ2n) is 5.39. The molecule has 1 aromatic heterocycles. The van der Waals surface area contributed by atoms with Gasteiger partial charge in [-0.05, 0) is 43.5 Å². The zero-order valence-electron chi connectivity index (χ0n) is 10.4. The molecule has 0 aliphatic carbocycles. The number of phenols is 1. The molecule has 2 aliphatic rings. The number of fused-ring (bicyclic) bond motifs is 2. The van der Waals surface area contributed by atoms with E-state index in [1.807, 2.05) is 0 Å². The Kier molecular flexibility index (Phi) is 2.35. The molecule has 2 fully saturated rings. The van der Waals surface area contributed by atoms with Crippen LogP contribution in [-0.4, -0.2) is 27.3 Å². The highest BCUT2D eigenvalue weighted by molar-refractivity contribution is 5.55. The number of aromatic nitrogens is 2. The van der Waals surface area contributed by atoms with Gasteiger partial charge in [0.2, 0.25) is 11.7 Å². The van der Waals surface area contributed by atoms with Crippen molar-refractivity contribution in [2.45, 2.75) is 37.3 Å². The lowest BCUT2D eigenvalue weighted by molar-refractivity contribution is 0.329. The van der Waals surface area contributed by atoms with Crippen molar-refractivity contribution in [3.63, 3.8) is 0 Å². The number of benzene rings is 1. The first-order valence-electron chi connectivity index (χ1n) is 6.68. The highest BCUT2D eigenvalue weighted by Crippen LogP contribution is 2.39. The molecule has 0 amide bonds. The molecule has 5 nitrogen and oxygen atoms in total. The van der Waals surface area contributed by atoms with E-state index in [9.17, 15) is 5.11 Å². The summed E-state index contributed by atoms with van der Waals surface area (Å²) in [7, 11) is 0. The fourth-order valence-corrected chi connectivity index (χ4v) is 3.21. The van der Waals surface area contributed by atoms with Gasteiger partial charge in [-0.15, -0.1) is 0 Å². The Morgan fingerprint density at radius 2 is 2.05 bits per heavy atom. The Morgan fingerprint density at radius 3 is 2.74 bits per heavy atom. The molecule has 19 heavy (non-hydrogen) atoms. The van der Waals surface area contributed by atoms with Crippen LogP contribution in [0.3, 0.4) is 0 Å². The van der Waals surface area contributed by atoms with Crippen molar-refractivity contribution in [1.82, 2.24) is 15.5 Å². The quantitative estimate of drug-likeness (QED) is 0.861. The van der Waals surface area contributed by atoms with Crippen molar-refractivity contribution < 1.29 is 9.63 Å². The van der Waals surface area contributed by atoms with E-state index in [1.165, 1.54) is 12.8 Å². The van der Waals surface area contributed by atoms with E-state index < -0.39 is 0 Å². The van der Waals surface area contributed by atoms with E-state index in [0.717, 1.165) is 17.9 Å². The molecule has 4 rings (SSSR count). The second kappa shape index (κ2) is 4.06. The average molecular weight is 257 g/mol. The van der Waals surface area contributed by atoms with E-state index in [1.54, 1.807) is 24.3 Å². The van der Waals surface area contributed by atoms with Crippen LogP contribution < -0.4 is 5.32 Å². The number of hydrogen-bond donors (Lipinski definition) is 2. The van der Waals surface area contributed by atoms with Crippen LogP contribution in [0.25, 0.3) is 11.4 Å². The minimum atomic E-state index is 0.241. The predicted molar refractivity (Wildman–Crippen MR) is 68.7 cm³/mol. The number of aromatic hydroxyl groups is 1. The molecule has 2 N–H and O–H groups in total. The maximum absolute atomic E-state index is 9.28. The zero-order valence-corrected chi connectivity index (χ0v) is 10.4. The van der Waals surface area contributed by atoms with Gasteiger partial charge in [-0.3, -0.25) is 0 Å². The fourth-order valence-electron chi connectivity index (χ4n) is 3.21. The lowest BCUT2D eigenvalue weighted by Crippen LogP contribution is -2.21. The summed E-state index contributed by atoms with van der Waals surface area (Å²) in [6, 6.07) is 7.97. The first-order chi connectivity index (χ1) is 9.29. The Labute approximate surface area is 110 Å². The molecular weight excluding hydrogens is 242 g/mol. The second-order valence-corrected chi connectivity index (χ2v) is 5.39. The maximum Gasteiger partial charge on any atom is 0.231 e. The van der Waals surface area contributed by atoms with Gasteiger partial charge in [-0.2, -0.15) is 4.98 Å². The van der Waals surface area contributed by atoms with Crippen LogP contribution in [0, 0.1) is 0 Å². The van der Waals surface area contributed by atoms with Gasteiger partial charge in [0.1, 0.15) is 5.75 Å². The summed E-state index contributed by atoms with van der Waals surface area (Å²) in [5.74, 6) is 1.93. The Balaban J connectivity index is 1.61. The normalized spacial score (nSPS) is 28.9. The first kappa shape index (κ1) is 11.0. The minimum absolute atomic E-state index is 0.241. The topological polar surface area (TPSA) is 71.2 Å². The summed E-state index contributed by atoms with van der Waals surface area (Å²) in [6.45, 7) is 0. The molecule has 2 saturated heterocycles. The SMILES string of the molecule is Oc1ccc(-c2noc(C3CC4CCC3N4)n2)cc1. The molecule has 2 aliphatic heterocycles. The summed E-state index contributed by atoms with van der Waals surface area (Å²) in [5.41, 5.74) is 0.865. The predicted octanol–water partition coefficient (Wildman–Crippen LogP) is 2.05. The van der Waals surface area contributed by atoms with Crippen molar-refractivity contribution in [3.05, 3.63) is 30.2 Å². The molecule has 2 bridgehead atoms. The average Bonchev–Trinajstić information content (AvgIpc) is 3.15. The third-order valence-corrected chi connectivity index (χ3v) is 4.18. The molecule has 1 aromatic carbocycles. The molecule has 3 atom stereocenters. The fraction of sp³-hybridized carbons (Fsp3) is 0.429.